The molecule has 4 heterocycles. The van der Waals surface area contributed by atoms with Crippen LogP contribution in [0.5, 0.6) is 0 Å². The van der Waals surface area contributed by atoms with E-state index in [0.717, 1.165) is 70.7 Å². The molecule has 2 aromatic carbocycles. The minimum absolute atomic E-state index is 0.452. The number of anilines is 2. The van der Waals surface area contributed by atoms with Gasteiger partial charge in [0.05, 0.1) is 40.7 Å². The van der Waals surface area contributed by atoms with Gasteiger partial charge >= 0.3 is 0 Å². The zero-order valence-corrected chi connectivity index (χ0v) is 23.4. The zero-order valence-electron chi connectivity index (χ0n) is 21.8. The summed E-state index contributed by atoms with van der Waals surface area (Å²) in [6, 6.07) is 18.2. The quantitative estimate of drug-likeness (QED) is 0.245. The number of aryl methyl sites for hydroxylation is 1. The van der Waals surface area contributed by atoms with E-state index in [-0.39, 0.29) is 0 Å². The van der Waals surface area contributed by atoms with Crippen LogP contribution in [0.4, 0.5) is 11.4 Å². The molecule has 0 saturated carbocycles. The lowest BCUT2D eigenvalue weighted by molar-refractivity contribution is 0.0342. The highest BCUT2D eigenvalue weighted by Crippen LogP contribution is 2.36. The first-order valence-electron chi connectivity index (χ1n) is 12.9. The van der Waals surface area contributed by atoms with E-state index in [1.807, 2.05) is 60.4 Å². The number of hydrogen-bond donors (Lipinski definition) is 1. The predicted octanol–water partition coefficient (Wildman–Crippen LogP) is 6.28. The number of ether oxygens (including phenoxy) is 1. The number of nitrogens with zero attached hydrogens (tertiary/aromatic N) is 6. The largest absolute Gasteiger partial charge is 0.379 e. The van der Waals surface area contributed by atoms with Crippen molar-refractivity contribution in [2.75, 3.05) is 31.6 Å². The second-order valence-electron chi connectivity index (χ2n) is 9.52. The number of halogens is 1. The normalized spacial score (nSPS) is 13.8. The second-order valence-corrected chi connectivity index (χ2v) is 10.9. The fourth-order valence-electron chi connectivity index (χ4n) is 4.67. The third-order valence-corrected chi connectivity index (χ3v) is 8.38. The molecule has 1 N–H and O–H groups in total. The Morgan fingerprint density at radius 2 is 1.93 bits per heavy atom. The third kappa shape index (κ3) is 5.67. The Balaban J connectivity index is 1.27. The van der Waals surface area contributed by atoms with Crippen molar-refractivity contribution in [2.45, 2.75) is 16.6 Å². The van der Waals surface area contributed by atoms with Crippen LogP contribution in [0.1, 0.15) is 11.1 Å². The Morgan fingerprint density at radius 1 is 1.05 bits per heavy atom. The van der Waals surface area contributed by atoms with Crippen LogP contribution in [0.2, 0.25) is 5.02 Å². The number of benzene rings is 2. The molecular formula is C30H26ClN7OS. The van der Waals surface area contributed by atoms with E-state index in [1.54, 1.807) is 12.4 Å². The van der Waals surface area contributed by atoms with Gasteiger partial charge < -0.3 is 14.6 Å². The summed E-state index contributed by atoms with van der Waals surface area (Å²) in [6.45, 7) is 4.29. The summed E-state index contributed by atoms with van der Waals surface area (Å²) in [7, 11) is 1.95. The molecule has 200 valence electrons. The lowest BCUT2D eigenvalue weighted by atomic mass is 10.0. The summed E-state index contributed by atoms with van der Waals surface area (Å²) in [6.07, 6.45) is 7.11. The Bertz CT molecular complexity index is 1730. The van der Waals surface area contributed by atoms with E-state index >= 15 is 0 Å². The van der Waals surface area contributed by atoms with Gasteiger partial charge in [-0.3, -0.25) is 14.9 Å². The number of morpholine rings is 1. The minimum Gasteiger partial charge on any atom is -0.379 e. The van der Waals surface area contributed by atoms with Gasteiger partial charge in [-0.15, -0.1) is 0 Å². The smallest absolute Gasteiger partial charge is 0.172 e. The predicted molar refractivity (Wildman–Crippen MR) is 158 cm³/mol. The monoisotopic (exact) mass is 567 g/mol. The molecule has 5 aromatic rings. The number of pyridine rings is 2. The zero-order chi connectivity index (χ0) is 27.5. The molecule has 0 bridgehead atoms. The van der Waals surface area contributed by atoms with E-state index in [9.17, 15) is 5.26 Å². The molecule has 1 aliphatic heterocycles. The molecule has 0 unspecified atom stereocenters. The molecule has 0 atom stereocenters. The van der Waals surface area contributed by atoms with Crippen molar-refractivity contribution in [1.29, 1.82) is 5.26 Å². The number of hydrogen-bond acceptors (Lipinski definition) is 8. The highest BCUT2D eigenvalue weighted by Gasteiger charge is 2.14. The topological polar surface area (TPSA) is 91.9 Å². The maximum absolute atomic E-state index is 9.83. The van der Waals surface area contributed by atoms with Crippen molar-refractivity contribution < 1.29 is 4.74 Å². The van der Waals surface area contributed by atoms with Crippen LogP contribution in [-0.4, -0.2) is 50.7 Å². The van der Waals surface area contributed by atoms with E-state index < -0.39 is 0 Å². The highest BCUT2D eigenvalue weighted by molar-refractivity contribution is 7.99. The number of nitriles is 1. The second kappa shape index (κ2) is 11.7. The fourth-order valence-corrected chi connectivity index (χ4v) is 5.78. The van der Waals surface area contributed by atoms with Crippen LogP contribution in [0, 0.1) is 11.3 Å². The first kappa shape index (κ1) is 26.3. The lowest BCUT2D eigenvalue weighted by Gasteiger charge is -2.26. The van der Waals surface area contributed by atoms with Crippen molar-refractivity contribution in [3.05, 3.63) is 89.5 Å². The molecule has 1 aliphatic rings. The summed E-state index contributed by atoms with van der Waals surface area (Å²) < 4.78 is 7.42. The molecule has 40 heavy (non-hydrogen) atoms. The van der Waals surface area contributed by atoms with E-state index in [1.165, 1.54) is 17.3 Å². The highest BCUT2D eigenvalue weighted by atomic mass is 35.5. The van der Waals surface area contributed by atoms with Crippen molar-refractivity contribution in [1.82, 2.24) is 24.4 Å². The molecule has 1 fully saturated rings. The Labute approximate surface area is 241 Å². The summed E-state index contributed by atoms with van der Waals surface area (Å²) in [5.74, 6) is 0. The number of aromatic nitrogens is 4. The maximum atomic E-state index is 9.83. The van der Waals surface area contributed by atoms with Gasteiger partial charge in [-0.2, -0.15) is 5.26 Å². The van der Waals surface area contributed by atoms with Crippen molar-refractivity contribution >= 4 is 45.6 Å². The molecular weight excluding hydrogens is 542 g/mol. The van der Waals surface area contributed by atoms with Gasteiger partial charge in [-0.25, -0.2) is 4.98 Å². The van der Waals surface area contributed by atoms with Crippen LogP contribution >= 0.6 is 23.4 Å². The standard InChI is InChI=1S/C30H26ClN7OS/c1-37-9-8-34-30(37)40-28-5-3-23(16-25(28)31)36-29-22(17-32)18-35-27-15-21(2-4-24(27)29)26-14-20(6-7-33-26)19-38-10-12-39-13-11-38/h2-9,14-16,18H,10-13,19H2,1H3,(H,35,36). The first-order chi connectivity index (χ1) is 19.6. The Morgan fingerprint density at radius 3 is 2.70 bits per heavy atom. The number of imidazole rings is 1. The molecule has 3 aromatic heterocycles. The summed E-state index contributed by atoms with van der Waals surface area (Å²) >= 11 is 8.13. The van der Waals surface area contributed by atoms with Crippen molar-refractivity contribution in [3.8, 4) is 17.3 Å². The number of rotatable bonds is 7. The molecule has 10 heteroatoms. The average molecular weight is 568 g/mol. The van der Waals surface area contributed by atoms with E-state index in [4.69, 9.17) is 16.3 Å². The van der Waals surface area contributed by atoms with Crippen LogP contribution < -0.4 is 5.32 Å². The third-order valence-electron chi connectivity index (χ3n) is 6.80. The summed E-state index contributed by atoms with van der Waals surface area (Å²) in [4.78, 5) is 16.9. The van der Waals surface area contributed by atoms with Crippen LogP contribution in [0.25, 0.3) is 22.2 Å². The average Bonchev–Trinajstić information content (AvgIpc) is 3.39. The van der Waals surface area contributed by atoms with Gasteiger partial charge in [0.25, 0.3) is 0 Å². The fraction of sp³-hybridized carbons (Fsp3) is 0.200. The van der Waals surface area contributed by atoms with Gasteiger partial charge in [0.1, 0.15) is 6.07 Å². The molecule has 8 nitrogen and oxygen atoms in total. The van der Waals surface area contributed by atoms with Gasteiger partial charge in [-0.1, -0.05) is 29.4 Å². The van der Waals surface area contributed by atoms with Gasteiger partial charge in [0.15, 0.2) is 5.16 Å². The van der Waals surface area contributed by atoms with Gasteiger partial charge in [-0.05, 0) is 48.0 Å². The van der Waals surface area contributed by atoms with Gasteiger partial charge in [0, 0.05) is 73.0 Å². The van der Waals surface area contributed by atoms with Gasteiger partial charge in [0.2, 0.25) is 0 Å². The van der Waals surface area contributed by atoms with Crippen LogP contribution in [0.3, 0.4) is 0 Å². The molecule has 1 saturated heterocycles. The minimum atomic E-state index is 0.452. The number of fused-ring (bicyclic) bond motifs is 1. The Hall–Kier alpha value is -3.94. The molecule has 0 amide bonds. The molecule has 0 radical (unpaired) electrons. The van der Waals surface area contributed by atoms with Crippen molar-refractivity contribution in [2.24, 2.45) is 7.05 Å². The molecule has 0 spiro atoms. The van der Waals surface area contributed by atoms with Crippen molar-refractivity contribution in [3.63, 3.8) is 0 Å². The van der Waals surface area contributed by atoms with Crippen LogP contribution in [0.15, 0.2) is 83.4 Å². The molecule has 6 rings (SSSR count). The molecule has 0 aliphatic carbocycles. The number of nitrogens with one attached hydrogen (secondary N) is 1. The van der Waals surface area contributed by atoms with E-state index in [2.05, 4.69) is 43.4 Å². The SMILES string of the molecule is Cn1ccnc1Sc1ccc(Nc2c(C#N)cnc3cc(-c4cc(CN5CCOCC5)ccn4)ccc23)cc1Cl. The van der Waals surface area contributed by atoms with Crippen LogP contribution in [-0.2, 0) is 18.3 Å². The maximum Gasteiger partial charge on any atom is 0.172 e. The first-order valence-corrected chi connectivity index (χ1v) is 14.1. The summed E-state index contributed by atoms with van der Waals surface area (Å²) in [5.41, 5.74) is 5.76. The summed E-state index contributed by atoms with van der Waals surface area (Å²) in [5, 5.41) is 15.5. The van der Waals surface area contributed by atoms with E-state index in [0.29, 0.717) is 16.3 Å². The Kier molecular flexibility index (Phi) is 7.66. The lowest BCUT2D eigenvalue weighted by Crippen LogP contribution is -2.35.